The van der Waals surface area contributed by atoms with Crippen molar-refractivity contribution in [2.24, 2.45) is 0 Å². The van der Waals surface area contributed by atoms with Crippen LogP contribution in [0.25, 0.3) is 122 Å². The molecule has 1 aliphatic heterocycles. The lowest BCUT2D eigenvalue weighted by molar-refractivity contribution is 0.489. The van der Waals surface area contributed by atoms with Gasteiger partial charge in [-0.3, -0.25) is 0 Å². The number of hydrogen-bond donors (Lipinski definition) is 0. The van der Waals surface area contributed by atoms with Gasteiger partial charge >= 0.3 is 0 Å². The second-order valence-electron chi connectivity index (χ2n) is 16.2. The predicted octanol–water partition coefficient (Wildman–Crippen LogP) is 15.9. The van der Waals surface area contributed by atoms with Gasteiger partial charge in [0.15, 0.2) is 17.5 Å². The van der Waals surface area contributed by atoms with Crippen molar-refractivity contribution in [3.8, 4) is 90.2 Å². The van der Waals surface area contributed by atoms with Gasteiger partial charge in [0.05, 0.1) is 0 Å². The maximum absolute atomic E-state index is 7.02. The molecule has 3 heterocycles. The quantitative estimate of drug-likeness (QED) is 0.167. The molecule has 0 fully saturated rings. The van der Waals surface area contributed by atoms with Crippen LogP contribution < -0.4 is 4.74 Å². The van der Waals surface area contributed by atoms with Crippen molar-refractivity contribution in [1.29, 1.82) is 0 Å². The molecule has 5 nitrogen and oxygen atoms in total. The second-order valence-corrected chi connectivity index (χ2v) is 16.2. The smallest absolute Gasteiger partial charge is 0.164 e. The number of furan rings is 1. The number of benzene rings is 10. The molecule has 0 unspecified atom stereocenters. The summed E-state index contributed by atoms with van der Waals surface area (Å²) in [6.07, 6.45) is 0. The summed E-state index contributed by atoms with van der Waals surface area (Å²) < 4.78 is 13.6. The predicted molar refractivity (Wildman–Crippen MR) is 260 cm³/mol. The van der Waals surface area contributed by atoms with Crippen LogP contribution >= 0.6 is 0 Å². The standard InChI is InChI=1S/C59H35N3O2/c1-4-16-36(17-5-1)41-34-47(45-28-14-27-44-43-26-12-23-39-24-13-30-49(53(39)43)64-56(44)45)52(38-19-6-2-7-20-38)48(35-41)59-61-57(40-21-8-3-9-22-40)60-58(62-59)46-29-15-31-50-55(46)54-42-25-11-10-18-37(42)32-33-51(54)63-50/h1-35H. The third-order valence-electron chi connectivity index (χ3n) is 12.5. The van der Waals surface area contributed by atoms with E-state index in [0.717, 1.165) is 116 Å². The topological polar surface area (TPSA) is 61.0 Å². The minimum atomic E-state index is 0.553. The molecule has 0 saturated carbocycles. The van der Waals surface area contributed by atoms with Gasteiger partial charge in [0.2, 0.25) is 0 Å². The summed E-state index contributed by atoms with van der Waals surface area (Å²) in [7, 11) is 0. The summed E-state index contributed by atoms with van der Waals surface area (Å²) in [6, 6.07) is 73.8. The zero-order valence-electron chi connectivity index (χ0n) is 34.4. The third-order valence-corrected chi connectivity index (χ3v) is 12.5. The van der Waals surface area contributed by atoms with E-state index in [-0.39, 0.29) is 0 Å². The van der Waals surface area contributed by atoms with Gasteiger partial charge < -0.3 is 9.15 Å². The molecular formula is C59H35N3O2. The fraction of sp³-hybridized carbons (Fsp3) is 0. The lowest BCUT2D eigenvalue weighted by Crippen LogP contribution is -2.03. The lowest BCUT2D eigenvalue weighted by atomic mass is 9.84. The monoisotopic (exact) mass is 817 g/mol. The molecule has 5 heteroatoms. The third kappa shape index (κ3) is 5.75. The normalized spacial score (nSPS) is 11.9. The highest BCUT2D eigenvalue weighted by Gasteiger charge is 2.27. The molecular weight excluding hydrogens is 783 g/mol. The van der Waals surface area contributed by atoms with Crippen molar-refractivity contribution in [3.63, 3.8) is 0 Å². The zero-order valence-corrected chi connectivity index (χ0v) is 34.4. The summed E-state index contributed by atoms with van der Waals surface area (Å²) in [5.74, 6) is 3.34. The Hall–Kier alpha value is -8.67. The average molecular weight is 818 g/mol. The van der Waals surface area contributed by atoms with E-state index in [1.807, 2.05) is 30.3 Å². The molecule has 12 aromatic rings. The molecule has 0 radical (unpaired) electrons. The molecule has 13 rings (SSSR count). The molecule has 1 aliphatic rings. The lowest BCUT2D eigenvalue weighted by Gasteiger charge is -2.25. The van der Waals surface area contributed by atoms with Crippen LogP contribution in [0.2, 0.25) is 0 Å². The Kier molecular flexibility index (Phi) is 8.15. The molecule has 0 saturated heterocycles. The van der Waals surface area contributed by atoms with Crippen LogP contribution in [-0.4, -0.2) is 15.0 Å². The number of rotatable bonds is 6. The summed E-state index contributed by atoms with van der Waals surface area (Å²) in [5, 5.41) is 6.53. The molecule has 2 aromatic heterocycles. The second kappa shape index (κ2) is 14.5. The van der Waals surface area contributed by atoms with Crippen LogP contribution in [-0.2, 0) is 0 Å². The molecule has 0 aliphatic carbocycles. The average Bonchev–Trinajstić information content (AvgIpc) is 3.76. The number of aromatic nitrogens is 3. The zero-order chi connectivity index (χ0) is 42.1. The molecule has 64 heavy (non-hydrogen) atoms. The van der Waals surface area contributed by atoms with Crippen molar-refractivity contribution in [3.05, 3.63) is 212 Å². The minimum absolute atomic E-state index is 0.553. The Balaban J connectivity index is 1.13. The Morgan fingerprint density at radius 3 is 1.67 bits per heavy atom. The van der Waals surface area contributed by atoms with E-state index in [9.17, 15) is 0 Å². The van der Waals surface area contributed by atoms with Crippen molar-refractivity contribution < 1.29 is 9.15 Å². The molecule has 298 valence electrons. The summed E-state index contributed by atoms with van der Waals surface area (Å²) in [4.78, 5) is 16.2. The van der Waals surface area contributed by atoms with Gasteiger partial charge in [-0.1, -0.05) is 182 Å². The van der Waals surface area contributed by atoms with Crippen molar-refractivity contribution in [1.82, 2.24) is 15.0 Å². The van der Waals surface area contributed by atoms with Crippen LogP contribution in [0.15, 0.2) is 217 Å². The molecule has 0 spiro atoms. The number of para-hydroxylation sites is 1. The first kappa shape index (κ1) is 36.0. The Bertz CT molecular complexity index is 3800. The molecule has 0 bridgehead atoms. The van der Waals surface area contributed by atoms with E-state index in [0.29, 0.717) is 17.5 Å². The van der Waals surface area contributed by atoms with E-state index in [4.69, 9.17) is 24.1 Å². The number of ether oxygens (including phenoxy) is 1. The van der Waals surface area contributed by atoms with Gasteiger partial charge in [-0.2, -0.15) is 0 Å². The fourth-order valence-corrected chi connectivity index (χ4v) is 9.65. The SMILES string of the molecule is c1ccc(-c2cc(-c3nc(-c4ccccc4)nc(-c4cccc5oc6ccc7ccccc7c6c45)n3)c(-c3ccccc3)c(-c3cccc4c3Oc3cccc5cccc-4c35)c2)cc1. The first-order valence-corrected chi connectivity index (χ1v) is 21.5. The molecule has 0 amide bonds. The van der Waals surface area contributed by atoms with Crippen LogP contribution in [0.3, 0.4) is 0 Å². The largest absolute Gasteiger partial charge is 0.456 e. The van der Waals surface area contributed by atoms with Gasteiger partial charge in [-0.05, 0) is 74.3 Å². The number of hydrogen-bond acceptors (Lipinski definition) is 5. The van der Waals surface area contributed by atoms with E-state index < -0.39 is 0 Å². The fourth-order valence-electron chi connectivity index (χ4n) is 9.65. The Morgan fingerprint density at radius 2 is 0.875 bits per heavy atom. The maximum atomic E-state index is 7.02. The minimum Gasteiger partial charge on any atom is -0.456 e. The molecule has 0 N–H and O–H groups in total. The summed E-state index contributed by atoms with van der Waals surface area (Å²) in [5.41, 5.74) is 12.5. The van der Waals surface area contributed by atoms with Gasteiger partial charge in [0.1, 0.15) is 22.7 Å². The first-order chi connectivity index (χ1) is 31.7. The van der Waals surface area contributed by atoms with Gasteiger partial charge in [0, 0.05) is 49.5 Å². The summed E-state index contributed by atoms with van der Waals surface area (Å²) >= 11 is 0. The van der Waals surface area contributed by atoms with Crippen molar-refractivity contribution >= 4 is 43.5 Å². The summed E-state index contributed by atoms with van der Waals surface area (Å²) in [6.45, 7) is 0. The number of nitrogens with zero attached hydrogens (tertiary/aromatic N) is 3. The number of fused-ring (bicyclic) bond motifs is 7. The Morgan fingerprint density at radius 1 is 0.312 bits per heavy atom. The van der Waals surface area contributed by atoms with Gasteiger partial charge in [-0.15, -0.1) is 0 Å². The highest BCUT2D eigenvalue weighted by molar-refractivity contribution is 6.22. The van der Waals surface area contributed by atoms with Crippen LogP contribution in [0, 0.1) is 0 Å². The maximum Gasteiger partial charge on any atom is 0.164 e. The van der Waals surface area contributed by atoms with Gasteiger partial charge in [-0.25, -0.2) is 15.0 Å². The van der Waals surface area contributed by atoms with E-state index in [1.54, 1.807) is 0 Å². The van der Waals surface area contributed by atoms with E-state index >= 15 is 0 Å². The van der Waals surface area contributed by atoms with Crippen LogP contribution in [0.5, 0.6) is 11.5 Å². The van der Waals surface area contributed by atoms with Crippen molar-refractivity contribution in [2.75, 3.05) is 0 Å². The molecule has 10 aromatic carbocycles. The molecule has 0 atom stereocenters. The van der Waals surface area contributed by atoms with Crippen LogP contribution in [0.1, 0.15) is 0 Å². The highest BCUT2D eigenvalue weighted by atomic mass is 16.5. The Labute approximate surface area is 368 Å². The highest BCUT2D eigenvalue weighted by Crippen LogP contribution is 2.53. The van der Waals surface area contributed by atoms with Crippen LogP contribution in [0.4, 0.5) is 0 Å². The van der Waals surface area contributed by atoms with E-state index in [2.05, 4.69) is 182 Å². The van der Waals surface area contributed by atoms with Crippen molar-refractivity contribution in [2.45, 2.75) is 0 Å². The van der Waals surface area contributed by atoms with E-state index in [1.165, 1.54) is 0 Å². The van der Waals surface area contributed by atoms with Gasteiger partial charge in [0.25, 0.3) is 0 Å². The first-order valence-electron chi connectivity index (χ1n) is 21.5.